The standard InChI is InChI=1S/C16H24ClN/c1-2-18-13-16(10-6-3-7-11-16)12-14-8-4-5-9-15(14)17/h4-5,8-9,18H,2-3,6-7,10-13H2,1H3. The Hall–Kier alpha value is -0.530. The van der Waals surface area contributed by atoms with Gasteiger partial charge in [-0.2, -0.15) is 0 Å². The Balaban J connectivity index is 2.11. The molecule has 0 aromatic heterocycles. The fraction of sp³-hybridized carbons (Fsp3) is 0.625. The molecule has 0 aliphatic heterocycles. The summed E-state index contributed by atoms with van der Waals surface area (Å²) >= 11 is 6.32. The Morgan fingerprint density at radius 3 is 2.56 bits per heavy atom. The molecule has 1 N–H and O–H groups in total. The SMILES string of the molecule is CCNCC1(Cc2ccccc2Cl)CCCCC1. The van der Waals surface area contributed by atoms with Gasteiger partial charge in [-0.3, -0.25) is 0 Å². The Labute approximate surface area is 116 Å². The highest BCUT2D eigenvalue weighted by molar-refractivity contribution is 6.31. The maximum atomic E-state index is 6.32. The lowest BCUT2D eigenvalue weighted by Gasteiger charge is -2.38. The maximum Gasteiger partial charge on any atom is 0.0438 e. The third kappa shape index (κ3) is 3.49. The fourth-order valence-corrected chi connectivity index (χ4v) is 3.36. The first kappa shape index (κ1) is 13.9. The molecule has 0 atom stereocenters. The van der Waals surface area contributed by atoms with Gasteiger partial charge in [-0.1, -0.05) is 56.0 Å². The summed E-state index contributed by atoms with van der Waals surface area (Å²) in [6, 6.07) is 8.32. The van der Waals surface area contributed by atoms with Crippen LogP contribution in [0, 0.1) is 5.41 Å². The first-order chi connectivity index (χ1) is 8.76. The Morgan fingerprint density at radius 2 is 1.89 bits per heavy atom. The molecule has 1 fully saturated rings. The second kappa shape index (κ2) is 6.58. The van der Waals surface area contributed by atoms with Crippen molar-refractivity contribution in [2.45, 2.75) is 45.4 Å². The van der Waals surface area contributed by atoms with E-state index in [1.807, 2.05) is 12.1 Å². The molecule has 2 heteroatoms. The van der Waals surface area contributed by atoms with Crippen LogP contribution in [0.25, 0.3) is 0 Å². The molecule has 18 heavy (non-hydrogen) atoms. The van der Waals surface area contributed by atoms with Gasteiger partial charge in [0.15, 0.2) is 0 Å². The molecular formula is C16H24ClN. The van der Waals surface area contributed by atoms with Crippen LogP contribution in [0.3, 0.4) is 0 Å². The van der Waals surface area contributed by atoms with Gasteiger partial charge in [-0.25, -0.2) is 0 Å². The second-order valence-corrected chi connectivity index (χ2v) is 6.02. The summed E-state index contributed by atoms with van der Waals surface area (Å²) in [6.07, 6.45) is 7.94. The van der Waals surface area contributed by atoms with E-state index in [-0.39, 0.29) is 0 Å². The minimum atomic E-state index is 0.430. The van der Waals surface area contributed by atoms with Crippen LogP contribution in [0.5, 0.6) is 0 Å². The van der Waals surface area contributed by atoms with Gasteiger partial charge in [0, 0.05) is 11.6 Å². The maximum absolute atomic E-state index is 6.32. The summed E-state index contributed by atoms with van der Waals surface area (Å²) in [5.74, 6) is 0. The normalized spacial score (nSPS) is 18.8. The summed E-state index contributed by atoms with van der Waals surface area (Å²) in [5.41, 5.74) is 1.75. The van der Waals surface area contributed by atoms with Crippen molar-refractivity contribution in [1.82, 2.24) is 5.32 Å². The predicted molar refractivity (Wildman–Crippen MR) is 79.2 cm³/mol. The van der Waals surface area contributed by atoms with Gasteiger partial charge in [0.25, 0.3) is 0 Å². The van der Waals surface area contributed by atoms with Crippen LogP contribution in [0.4, 0.5) is 0 Å². The van der Waals surface area contributed by atoms with Gasteiger partial charge in [-0.05, 0) is 42.9 Å². The molecule has 1 aliphatic carbocycles. The Kier molecular flexibility index (Phi) is 5.08. The van der Waals surface area contributed by atoms with Crippen molar-refractivity contribution >= 4 is 11.6 Å². The quantitative estimate of drug-likeness (QED) is 0.830. The van der Waals surface area contributed by atoms with E-state index in [0.29, 0.717) is 5.41 Å². The molecule has 100 valence electrons. The summed E-state index contributed by atoms with van der Waals surface area (Å²) in [4.78, 5) is 0. The van der Waals surface area contributed by atoms with Crippen molar-refractivity contribution in [1.29, 1.82) is 0 Å². The van der Waals surface area contributed by atoms with Gasteiger partial charge in [0.1, 0.15) is 0 Å². The average Bonchev–Trinajstić information content (AvgIpc) is 2.40. The van der Waals surface area contributed by atoms with E-state index in [9.17, 15) is 0 Å². The number of rotatable bonds is 5. The highest BCUT2D eigenvalue weighted by Gasteiger charge is 2.32. The molecule has 0 bridgehead atoms. The molecule has 1 saturated carbocycles. The zero-order chi connectivity index (χ0) is 12.8. The number of halogens is 1. The molecule has 0 radical (unpaired) electrons. The number of nitrogens with one attached hydrogen (secondary N) is 1. The molecule has 2 rings (SSSR count). The van der Waals surface area contributed by atoms with E-state index in [1.165, 1.54) is 37.7 Å². The highest BCUT2D eigenvalue weighted by Crippen LogP contribution is 2.39. The van der Waals surface area contributed by atoms with Crippen LogP contribution < -0.4 is 5.32 Å². The van der Waals surface area contributed by atoms with Crippen molar-refractivity contribution in [2.24, 2.45) is 5.41 Å². The summed E-state index contributed by atoms with van der Waals surface area (Å²) in [7, 11) is 0. The van der Waals surface area contributed by atoms with Crippen molar-refractivity contribution in [3.05, 3.63) is 34.9 Å². The molecule has 0 unspecified atom stereocenters. The van der Waals surface area contributed by atoms with E-state index in [0.717, 1.165) is 24.5 Å². The minimum absolute atomic E-state index is 0.430. The Morgan fingerprint density at radius 1 is 1.17 bits per heavy atom. The zero-order valence-corrected chi connectivity index (χ0v) is 12.1. The largest absolute Gasteiger partial charge is 0.316 e. The minimum Gasteiger partial charge on any atom is -0.316 e. The van der Waals surface area contributed by atoms with Crippen LogP contribution in [-0.4, -0.2) is 13.1 Å². The summed E-state index contributed by atoms with van der Waals surface area (Å²) < 4.78 is 0. The molecular weight excluding hydrogens is 242 g/mol. The van der Waals surface area contributed by atoms with Crippen LogP contribution >= 0.6 is 11.6 Å². The number of hydrogen-bond donors (Lipinski definition) is 1. The molecule has 1 aromatic carbocycles. The molecule has 1 nitrogen and oxygen atoms in total. The molecule has 0 spiro atoms. The van der Waals surface area contributed by atoms with E-state index in [4.69, 9.17) is 11.6 Å². The third-order valence-electron chi connectivity index (χ3n) is 4.19. The lowest BCUT2D eigenvalue weighted by atomic mass is 9.70. The fourth-order valence-electron chi connectivity index (χ4n) is 3.15. The topological polar surface area (TPSA) is 12.0 Å². The van der Waals surface area contributed by atoms with E-state index >= 15 is 0 Å². The van der Waals surface area contributed by atoms with Crippen LogP contribution in [0.1, 0.15) is 44.6 Å². The first-order valence-corrected chi connectivity index (χ1v) is 7.58. The summed E-state index contributed by atoms with van der Waals surface area (Å²) in [5, 5.41) is 4.49. The second-order valence-electron chi connectivity index (χ2n) is 5.61. The summed E-state index contributed by atoms with van der Waals surface area (Å²) in [6.45, 7) is 4.38. The molecule has 1 aromatic rings. The Bertz CT molecular complexity index is 369. The third-order valence-corrected chi connectivity index (χ3v) is 4.56. The van der Waals surface area contributed by atoms with Crippen molar-refractivity contribution in [3.8, 4) is 0 Å². The number of hydrogen-bond acceptors (Lipinski definition) is 1. The smallest absolute Gasteiger partial charge is 0.0438 e. The van der Waals surface area contributed by atoms with Crippen molar-refractivity contribution in [3.63, 3.8) is 0 Å². The van der Waals surface area contributed by atoms with Crippen LogP contribution in [0.2, 0.25) is 5.02 Å². The monoisotopic (exact) mass is 265 g/mol. The first-order valence-electron chi connectivity index (χ1n) is 7.20. The predicted octanol–water partition coefficient (Wildman–Crippen LogP) is 4.44. The van der Waals surface area contributed by atoms with Gasteiger partial charge < -0.3 is 5.32 Å². The lowest BCUT2D eigenvalue weighted by molar-refractivity contribution is 0.182. The lowest BCUT2D eigenvalue weighted by Crippen LogP contribution is -2.38. The van der Waals surface area contributed by atoms with Gasteiger partial charge in [0.05, 0.1) is 0 Å². The van der Waals surface area contributed by atoms with Gasteiger partial charge >= 0.3 is 0 Å². The van der Waals surface area contributed by atoms with Crippen molar-refractivity contribution in [2.75, 3.05) is 13.1 Å². The van der Waals surface area contributed by atoms with Gasteiger partial charge in [0.2, 0.25) is 0 Å². The van der Waals surface area contributed by atoms with Crippen LogP contribution in [-0.2, 0) is 6.42 Å². The van der Waals surface area contributed by atoms with E-state index in [1.54, 1.807) is 0 Å². The highest BCUT2D eigenvalue weighted by atomic mass is 35.5. The average molecular weight is 266 g/mol. The molecule has 0 amide bonds. The van der Waals surface area contributed by atoms with Crippen molar-refractivity contribution < 1.29 is 0 Å². The zero-order valence-electron chi connectivity index (χ0n) is 11.3. The molecule has 0 saturated heterocycles. The molecule has 1 aliphatic rings. The van der Waals surface area contributed by atoms with E-state index < -0.39 is 0 Å². The molecule has 0 heterocycles. The van der Waals surface area contributed by atoms with Crippen LogP contribution in [0.15, 0.2) is 24.3 Å². The number of benzene rings is 1. The van der Waals surface area contributed by atoms with E-state index in [2.05, 4.69) is 24.4 Å². The van der Waals surface area contributed by atoms with Gasteiger partial charge in [-0.15, -0.1) is 0 Å².